The summed E-state index contributed by atoms with van der Waals surface area (Å²) in [7, 11) is 0. The molecule has 1 aliphatic heterocycles. The number of hydrogen-bond donors (Lipinski definition) is 6. The zero-order valence-electron chi connectivity index (χ0n) is 11.2. The van der Waals surface area contributed by atoms with Crippen LogP contribution in [0.5, 0.6) is 0 Å². The first-order valence-electron chi connectivity index (χ1n) is 5.45. The number of rotatable bonds is 5. The number of carbonyl (C=O) groups excluding carboxylic acids is 2. The van der Waals surface area contributed by atoms with Crippen LogP contribution >= 0.6 is 0 Å². The molecule has 122 valence electrons. The summed E-state index contributed by atoms with van der Waals surface area (Å²) in [6.07, 6.45) is -6.61. The molecule has 1 heterocycles. The molecule has 0 unspecified atom stereocenters. The Hall–Kier alpha value is -0.660. The van der Waals surface area contributed by atoms with E-state index in [1.54, 1.807) is 0 Å². The van der Waals surface area contributed by atoms with E-state index in [0.29, 0.717) is 0 Å². The summed E-state index contributed by atoms with van der Waals surface area (Å²) < 4.78 is 4.25. The van der Waals surface area contributed by atoms with E-state index in [4.69, 9.17) is 30.6 Å². The minimum atomic E-state index is -2.00. The molecular weight excluding hydrogens is 336 g/mol. The number of esters is 1. The Bertz CT molecular complexity index is 410. The molecule has 4 atom stereocenters. The van der Waals surface area contributed by atoms with E-state index >= 15 is 0 Å². The first-order chi connectivity index (χ1) is 9.67. The molecular formula is C10H14CaO11. The number of carbonyl (C=O) groups is 2. The van der Waals surface area contributed by atoms with Crippen molar-refractivity contribution in [3.05, 3.63) is 11.5 Å². The number of carboxylic acids is 1. The first kappa shape index (κ1) is 23.6. The molecule has 0 aromatic heterocycles. The summed E-state index contributed by atoms with van der Waals surface area (Å²) in [6.45, 7) is -1.51. The van der Waals surface area contributed by atoms with Crippen molar-refractivity contribution in [3.8, 4) is 0 Å². The van der Waals surface area contributed by atoms with Gasteiger partial charge in [0.05, 0.1) is 19.2 Å². The Labute approximate surface area is 153 Å². The molecule has 0 aromatic carbocycles. The van der Waals surface area contributed by atoms with Crippen molar-refractivity contribution in [2.24, 2.45) is 0 Å². The predicted octanol–water partition coefficient (Wildman–Crippen LogP) is -6.54. The molecule has 11 nitrogen and oxygen atoms in total. The van der Waals surface area contributed by atoms with Gasteiger partial charge in [-0.15, -0.1) is 0 Å². The molecule has 6 N–H and O–H groups in total. The average molecular weight is 350 g/mol. The summed E-state index contributed by atoms with van der Waals surface area (Å²) >= 11 is 0. The molecule has 1 aliphatic rings. The molecule has 0 saturated heterocycles. The maximum absolute atomic E-state index is 10.8. The Morgan fingerprint density at radius 2 is 1.73 bits per heavy atom. The Kier molecular flexibility index (Phi) is 11.8. The fourth-order valence-corrected chi connectivity index (χ4v) is 1.07. The molecule has 12 heteroatoms. The van der Waals surface area contributed by atoms with E-state index in [1.165, 1.54) is 0 Å². The maximum Gasteiger partial charge on any atom is 2.00 e. The molecule has 0 radical (unpaired) electrons. The van der Waals surface area contributed by atoms with Crippen LogP contribution in [0, 0.1) is 0 Å². The van der Waals surface area contributed by atoms with Gasteiger partial charge in [0.2, 0.25) is 0 Å². The Balaban J connectivity index is 0. The van der Waals surface area contributed by atoms with Gasteiger partial charge in [0.25, 0.3) is 0 Å². The molecule has 1 rings (SSSR count). The second-order valence-corrected chi connectivity index (χ2v) is 3.80. The van der Waals surface area contributed by atoms with Gasteiger partial charge < -0.3 is 50.4 Å². The van der Waals surface area contributed by atoms with E-state index in [2.05, 4.69) is 4.74 Å². The number of aliphatic hydroxyl groups is 6. The van der Waals surface area contributed by atoms with Crippen LogP contribution in [-0.2, 0) is 14.3 Å². The van der Waals surface area contributed by atoms with E-state index in [1.807, 2.05) is 0 Å². The average Bonchev–Trinajstić information content (AvgIpc) is 2.72. The zero-order chi connectivity index (χ0) is 16.7. The van der Waals surface area contributed by atoms with Crippen LogP contribution in [0.3, 0.4) is 0 Å². The van der Waals surface area contributed by atoms with Gasteiger partial charge in [-0.3, -0.25) is 0 Å². The molecule has 0 spiro atoms. The minimum Gasteiger partial charge on any atom is -0.870 e. The van der Waals surface area contributed by atoms with Crippen LogP contribution in [0.25, 0.3) is 0 Å². The van der Waals surface area contributed by atoms with Crippen LogP contribution in [-0.4, -0.2) is 118 Å². The maximum atomic E-state index is 10.8. The van der Waals surface area contributed by atoms with Crippen molar-refractivity contribution in [1.82, 2.24) is 0 Å². The summed E-state index contributed by atoms with van der Waals surface area (Å²) in [5, 5.41) is 71.2. The van der Waals surface area contributed by atoms with E-state index in [-0.39, 0.29) is 37.7 Å². The first-order valence-corrected chi connectivity index (χ1v) is 5.45. The summed E-state index contributed by atoms with van der Waals surface area (Å²) in [5.41, 5.74) is 0. The van der Waals surface area contributed by atoms with Gasteiger partial charge >= 0.3 is 43.7 Å². The smallest absolute Gasteiger partial charge is 0.870 e. The number of aliphatic hydroxyl groups excluding tert-OH is 6. The van der Waals surface area contributed by atoms with E-state index in [0.717, 1.165) is 0 Å². The number of aliphatic carboxylic acids is 1. The van der Waals surface area contributed by atoms with Gasteiger partial charge in [-0.25, -0.2) is 4.79 Å². The zero-order valence-corrected chi connectivity index (χ0v) is 13.4. The van der Waals surface area contributed by atoms with Crippen molar-refractivity contribution in [3.63, 3.8) is 0 Å². The van der Waals surface area contributed by atoms with Crippen molar-refractivity contribution >= 4 is 49.7 Å². The summed E-state index contributed by atoms with van der Waals surface area (Å²) in [6, 6.07) is 0. The topological polar surface area (TPSA) is 211 Å². The van der Waals surface area contributed by atoms with Crippen LogP contribution in [0.15, 0.2) is 11.5 Å². The fourth-order valence-electron chi connectivity index (χ4n) is 1.07. The second kappa shape index (κ2) is 11.0. The monoisotopic (exact) mass is 350 g/mol. The largest absolute Gasteiger partial charge is 2.00 e. The van der Waals surface area contributed by atoms with Gasteiger partial charge in [-0.05, 0) is 5.76 Å². The fraction of sp³-hybridized carbons (Fsp3) is 0.600. The van der Waals surface area contributed by atoms with E-state index < -0.39 is 61.1 Å². The standard InChI is InChI=1S/C6H8O6.C4H8O5.Ca/c7-1-2(8)5-3(9)4(10)6(11)12-5;5-1-2(6)3(7)4(8)9;/h2,5,7-10H,1H2;2-3,5-7H,1H2,(H,8,9);/q;;+2/p-2/t2-,5+;2-,3+;/m01./s1. The number of hydrogen-bond acceptors (Lipinski definition) is 11. The number of cyclic esters (lactones) is 1. The quantitative estimate of drug-likeness (QED) is 0.202. The van der Waals surface area contributed by atoms with Crippen LogP contribution in [0.2, 0.25) is 0 Å². The van der Waals surface area contributed by atoms with Gasteiger partial charge in [0, 0.05) is 0 Å². The third kappa shape index (κ3) is 6.62. The second-order valence-electron chi connectivity index (χ2n) is 3.80. The van der Waals surface area contributed by atoms with Crippen molar-refractivity contribution in [1.29, 1.82) is 0 Å². The SMILES string of the molecule is O=C([O-])[C@@H](O)[C@H](O)CO.O=C1O[C@H]([C@@H](O)CO)C([O-])=C1O.[Ca+2]. The molecule has 0 bridgehead atoms. The van der Waals surface area contributed by atoms with Crippen LogP contribution < -0.4 is 10.2 Å². The minimum absolute atomic E-state index is 0. The van der Waals surface area contributed by atoms with E-state index in [9.17, 15) is 19.8 Å². The summed E-state index contributed by atoms with van der Waals surface area (Å²) in [4.78, 5) is 20.2. The predicted molar refractivity (Wildman–Crippen MR) is 62.5 cm³/mol. The van der Waals surface area contributed by atoms with Crippen molar-refractivity contribution in [2.75, 3.05) is 13.2 Å². The molecule has 0 aliphatic carbocycles. The third-order valence-electron chi connectivity index (χ3n) is 2.25. The number of carboxylic acid groups (broad SMARTS) is 1. The Morgan fingerprint density at radius 3 is 1.95 bits per heavy atom. The van der Waals surface area contributed by atoms with Gasteiger partial charge in [-0.1, -0.05) is 0 Å². The van der Waals surface area contributed by atoms with Gasteiger partial charge in [0.15, 0.2) is 5.76 Å². The number of ether oxygens (including phenoxy) is 1. The Morgan fingerprint density at radius 1 is 1.23 bits per heavy atom. The molecule has 0 aromatic rings. The van der Waals surface area contributed by atoms with Gasteiger partial charge in [-0.2, -0.15) is 0 Å². The van der Waals surface area contributed by atoms with Gasteiger partial charge in [0.1, 0.15) is 24.4 Å². The molecule has 0 fully saturated rings. The van der Waals surface area contributed by atoms with Crippen LogP contribution in [0.4, 0.5) is 0 Å². The van der Waals surface area contributed by atoms with Crippen molar-refractivity contribution < 1.29 is 55.2 Å². The van der Waals surface area contributed by atoms with Crippen molar-refractivity contribution in [2.45, 2.75) is 24.4 Å². The third-order valence-corrected chi connectivity index (χ3v) is 2.25. The summed E-state index contributed by atoms with van der Waals surface area (Å²) in [5.74, 6) is -5.00. The normalized spacial score (nSPS) is 21.0. The molecule has 0 amide bonds. The van der Waals surface area contributed by atoms with Crippen LogP contribution in [0.1, 0.15) is 0 Å². The molecule has 22 heavy (non-hydrogen) atoms. The molecule has 0 saturated carbocycles.